The molecule has 0 aromatic carbocycles. The number of piperazine rings is 1. The van der Waals surface area contributed by atoms with E-state index in [2.05, 4.69) is 15.3 Å². The SMILES string of the molecule is CCOC(=O)N1CCN(C(=O)c2ccc(NCc3cccnc3)nc2)CC1. The molecule has 0 bridgehead atoms. The minimum absolute atomic E-state index is 0.0789. The summed E-state index contributed by atoms with van der Waals surface area (Å²) in [4.78, 5) is 36.1. The van der Waals surface area contributed by atoms with Crippen molar-refractivity contribution in [3.8, 4) is 0 Å². The first-order valence-electron chi connectivity index (χ1n) is 8.97. The zero-order valence-electron chi connectivity index (χ0n) is 15.3. The quantitative estimate of drug-likeness (QED) is 0.867. The second-order valence-electron chi connectivity index (χ2n) is 6.13. The van der Waals surface area contributed by atoms with E-state index in [0.29, 0.717) is 50.7 Å². The average molecular weight is 369 g/mol. The predicted molar refractivity (Wildman–Crippen MR) is 100 cm³/mol. The molecule has 8 heteroatoms. The highest BCUT2D eigenvalue weighted by Gasteiger charge is 2.25. The third-order valence-corrected chi connectivity index (χ3v) is 4.30. The van der Waals surface area contributed by atoms with Gasteiger partial charge >= 0.3 is 6.09 Å². The Hall–Kier alpha value is -3.16. The van der Waals surface area contributed by atoms with Crippen LogP contribution in [-0.2, 0) is 11.3 Å². The number of pyridine rings is 2. The van der Waals surface area contributed by atoms with Crippen molar-refractivity contribution in [3.05, 3.63) is 54.0 Å². The molecule has 2 amide bonds. The van der Waals surface area contributed by atoms with Gasteiger partial charge in [0.05, 0.1) is 12.2 Å². The Balaban J connectivity index is 1.51. The molecule has 0 radical (unpaired) electrons. The van der Waals surface area contributed by atoms with Crippen LogP contribution in [0.1, 0.15) is 22.8 Å². The van der Waals surface area contributed by atoms with Crippen LogP contribution in [0, 0.1) is 0 Å². The zero-order chi connectivity index (χ0) is 19.1. The summed E-state index contributed by atoms with van der Waals surface area (Å²) < 4.78 is 4.99. The summed E-state index contributed by atoms with van der Waals surface area (Å²) in [6.07, 6.45) is 4.77. The molecule has 2 aromatic rings. The summed E-state index contributed by atoms with van der Waals surface area (Å²) in [5, 5.41) is 3.20. The number of carbonyl (C=O) groups is 2. The molecule has 8 nitrogen and oxygen atoms in total. The normalized spacial score (nSPS) is 14.0. The van der Waals surface area contributed by atoms with Gasteiger partial charge in [-0.1, -0.05) is 6.07 Å². The molecule has 3 rings (SSSR count). The van der Waals surface area contributed by atoms with E-state index in [9.17, 15) is 9.59 Å². The maximum atomic E-state index is 12.6. The number of rotatable bonds is 5. The van der Waals surface area contributed by atoms with Gasteiger partial charge in [0, 0.05) is 51.3 Å². The molecule has 2 aromatic heterocycles. The van der Waals surface area contributed by atoms with Gasteiger partial charge in [0.2, 0.25) is 0 Å². The van der Waals surface area contributed by atoms with E-state index in [1.807, 2.05) is 12.1 Å². The standard InChI is InChI=1S/C19H23N5O3/c1-2-27-19(26)24-10-8-23(9-11-24)18(25)16-5-6-17(22-14-16)21-13-15-4-3-7-20-12-15/h3-7,12,14H,2,8-11,13H2,1H3,(H,21,22). The Morgan fingerprint density at radius 3 is 2.52 bits per heavy atom. The lowest BCUT2D eigenvalue weighted by atomic mass is 10.2. The van der Waals surface area contributed by atoms with E-state index < -0.39 is 0 Å². The Morgan fingerprint density at radius 2 is 1.89 bits per heavy atom. The first kappa shape index (κ1) is 18.6. The van der Waals surface area contributed by atoms with Gasteiger partial charge in [-0.3, -0.25) is 9.78 Å². The van der Waals surface area contributed by atoms with Crippen LogP contribution >= 0.6 is 0 Å². The molecular formula is C19H23N5O3. The fraction of sp³-hybridized carbons (Fsp3) is 0.368. The molecule has 0 unspecified atom stereocenters. The van der Waals surface area contributed by atoms with Crippen LogP contribution in [0.15, 0.2) is 42.9 Å². The van der Waals surface area contributed by atoms with Gasteiger partial charge < -0.3 is 19.9 Å². The Bertz CT molecular complexity index is 759. The highest BCUT2D eigenvalue weighted by Crippen LogP contribution is 2.12. The summed E-state index contributed by atoms with van der Waals surface area (Å²) in [5.74, 6) is 0.618. The summed E-state index contributed by atoms with van der Waals surface area (Å²) in [6, 6.07) is 7.42. The van der Waals surface area contributed by atoms with Crippen LogP contribution < -0.4 is 5.32 Å². The topological polar surface area (TPSA) is 87.7 Å². The number of nitrogens with zero attached hydrogens (tertiary/aromatic N) is 4. The second kappa shape index (κ2) is 8.98. The summed E-state index contributed by atoms with van der Waals surface area (Å²) >= 11 is 0. The molecule has 1 N–H and O–H groups in total. The van der Waals surface area contributed by atoms with Gasteiger partial charge in [-0.2, -0.15) is 0 Å². The third-order valence-electron chi connectivity index (χ3n) is 4.30. The monoisotopic (exact) mass is 369 g/mol. The van der Waals surface area contributed by atoms with E-state index in [1.165, 1.54) is 0 Å². The molecule has 3 heterocycles. The van der Waals surface area contributed by atoms with Crippen LogP contribution in [-0.4, -0.2) is 64.6 Å². The van der Waals surface area contributed by atoms with Gasteiger partial charge in [0.1, 0.15) is 5.82 Å². The van der Waals surface area contributed by atoms with Crippen LogP contribution in [0.25, 0.3) is 0 Å². The van der Waals surface area contributed by atoms with E-state index in [0.717, 1.165) is 5.56 Å². The van der Waals surface area contributed by atoms with Crippen molar-refractivity contribution in [2.24, 2.45) is 0 Å². The number of aromatic nitrogens is 2. The fourth-order valence-corrected chi connectivity index (χ4v) is 2.81. The third kappa shape index (κ3) is 4.93. The van der Waals surface area contributed by atoms with E-state index in [4.69, 9.17) is 4.74 Å². The van der Waals surface area contributed by atoms with Gasteiger partial charge in [-0.15, -0.1) is 0 Å². The van der Waals surface area contributed by atoms with E-state index in [-0.39, 0.29) is 12.0 Å². The summed E-state index contributed by atoms with van der Waals surface area (Å²) in [6.45, 7) is 4.66. The molecule has 0 spiro atoms. The lowest BCUT2D eigenvalue weighted by molar-refractivity contribution is 0.0570. The Kier molecular flexibility index (Phi) is 6.19. The van der Waals surface area contributed by atoms with E-state index in [1.54, 1.807) is 47.4 Å². The predicted octanol–water partition coefficient (Wildman–Crippen LogP) is 2.00. The molecular weight excluding hydrogens is 346 g/mol. The van der Waals surface area contributed by atoms with Crippen molar-refractivity contribution < 1.29 is 14.3 Å². The number of ether oxygens (including phenoxy) is 1. The Labute approximate surface area is 158 Å². The van der Waals surface area contributed by atoms with Crippen molar-refractivity contribution in [1.29, 1.82) is 0 Å². The molecule has 0 saturated carbocycles. The number of anilines is 1. The number of hydrogen-bond donors (Lipinski definition) is 1. The smallest absolute Gasteiger partial charge is 0.409 e. The van der Waals surface area contributed by atoms with Gasteiger partial charge in [-0.25, -0.2) is 9.78 Å². The Morgan fingerprint density at radius 1 is 1.11 bits per heavy atom. The van der Waals surface area contributed by atoms with Gasteiger partial charge in [-0.05, 0) is 30.7 Å². The number of amides is 2. The number of hydrogen-bond acceptors (Lipinski definition) is 6. The number of carbonyl (C=O) groups excluding carboxylic acids is 2. The molecule has 142 valence electrons. The lowest BCUT2D eigenvalue weighted by Gasteiger charge is -2.34. The van der Waals surface area contributed by atoms with Gasteiger partial charge in [0.25, 0.3) is 5.91 Å². The maximum absolute atomic E-state index is 12.6. The minimum atomic E-state index is -0.324. The van der Waals surface area contributed by atoms with Crippen LogP contribution in [0.4, 0.5) is 10.6 Å². The first-order chi connectivity index (χ1) is 13.2. The highest BCUT2D eigenvalue weighted by molar-refractivity contribution is 5.94. The summed E-state index contributed by atoms with van der Waals surface area (Å²) in [7, 11) is 0. The average Bonchev–Trinajstić information content (AvgIpc) is 2.73. The lowest BCUT2D eigenvalue weighted by Crippen LogP contribution is -2.50. The van der Waals surface area contributed by atoms with Crippen molar-refractivity contribution in [2.45, 2.75) is 13.5 Å². The largest absolute Gasteiger partial charge is 0.450 e. The molecule has 1 aliphatic heterocycles. The van der Waals surface area contributed by atoms with Crippen molar-refractivity contribution >= 4 is 17.8 Å². The molecule has 27 heavy (non-hydrogen) atoms. The zero-order valence-corrected chi connectivity index (χ0v) is 15.3. The first-order valence-corrected chi connectivity index (χ1v) is 8.97. The minimum Gasteiger partial charge on any atom is -0.450 e. The molecule has 0 aliphatic carbocycles. The molecule has 1 saturated heterocycles. The van der Waals surface area contributed by atoms with Crippen molar-refractivity contribution in [3.63, 3.8) is 0 Å². The van der Waals surface area contributed by atoms with Crippen molar-refractivity contribution in [1.82, 2.24) is 19.8 Å². The van der Waals surface area contributed by atoms with Gasteiger partial charge in [0.15, 0.2) is 0 Å². The molecule has 1 aliphatic rings. The van der Waals surface area contributed by atoms with E-state index >= 15 is 0 Å². The molecule has 1 fully saturated rings. The maximum Gasteiger partial charge on any atom is 0.409 e. The number of nitrogens with one attached hydrogen (secondary N) is 1. The van der Waals surface area contributed by atoms with Crippen LogP contribution in [0.5, 0.6) is 0 Å². The summed E-state index contributed by atoms with van der Waals surface area (Å²) in [5.41, 5.74) is 1.59. The van der Waals surface area contributed by atoms with Crippen molar-refractivity contribution in [2.75, 3.05) is 38.1 Å². The highest BCUT2D eigenvalue weighted by atomic mass is 16.6. The van der Waals surface area contributed by atoms with Crippen LogP contribution in [0.2, 0.25) is 0 Å². The fourth-order valence-electron chi connectivity index (χ4n) is 2.81. The molecule has 0 atom stereocenters. The van der Waals surface area contributed by atoms with Crippen LogP contribution in [0.3, 0.4) is 0 Å². The second-order valence-corrected chi connectivity index (χ2v) is 6.13.